The summed E-state index contributed by atoms with van der Waals surface area (Å²) in [6, 6.07) is 12.9. The van der Waals surface area contributed by atoms with Crippen molar-refractivity contribution in [3.05, 3.63) is 59.1 Å². The first kappa shape index (κ1) is 17.4. The Hall–Kier alpha value is -2.97. The van der Waals surface area contributed by atoms with Crippen LogP contribution in [0.5, 0.6) is 5.75 Å². The molecule has 0 bridgehead atoms. The SMILES string of the molecule is COc1cccc2sc(NC(=O)c3nc(C)n(-c4ccccc4Cl)n3)nc12. The van der Waals surface area contributed by atoms with Crippen molar-refractivity contribution < 1.29 is 9.53 Å². The molecular formula is C18H14ClN5O2S. The Kier molecular flexibility index (Phi) is 4.51. The molecular weight excluding hydrogens is 386 g/mol. The highest BCUT2D eigenvalue weighted by Crippen LogP contribution is 2.32. The van der Waals surface area contributed by atoms with Crippen LogP contribution in [0.2, 0.25) is 5.02 Å². The van der Waals surface area contributed by atoms with Gasteiger partial charge in [0.05, 0.1) is 22.5 Å². The van der Waals surface area contributed by atoms with Crippen LogP contribution < -0.4 is 10.1 Å². The Morgan fingerprint density at radius 1 is 1.19 bits per heavy atom. The fraction of sp³-hybridized carbons (Fsp3) is 0.111. The predicted octanol–water partition coefficient (Wildman–Crippen LogP) is 4.10. The van der Waals surface area contributed by atoms with Crippen molar-refractivity contribution in [2.75, 3.05) is 12.4 Å². The van der Waals surface area contributed by atoms with Crippen LogP contribution in [-0.4, -0.2) is 32.8 Å². The first-order valence-corrected chi connectivity index (χ1v) is 9.19. The van der Waals surface area contributed by atoms with Crippen LogP contribution in [0.25, 0.3) is 15.9 Å². The monoisotopic (exact) mass is 399 g/mol. The summed E-state index contributed by atoms with van der Waals surface area (Å²) in [4.78, 5) is 21.3. The summed E-state index contributed by atoms with van der Waals surface area (Å²) in [5.41, 5.74) is 1.36. The van der Waals surface area contributed by atoms with E-state index in [-0.39, 0.29) is 5.82 Å². The van der Waals surface area contributed by atoms with Crippen LogP contribution in [0.4, 0.5) is 5.13 Å². The number of nitrogens with zero attached hydrogens (tertiary/aromatic N) is 4. The fourth-order valence-electron chi connectivity index (χ4n) is 2.63. The van der Waals surface area contributed by atoms with Gasteiger partial charge in [-0.05, 0) is 31.2 Å². The third-order valence-electron chi connectivity index (χ3n) is 3.88. The number of carbonyl (C=O) groups excluding carboxylic acids is 1. The van der Waals surface area contributed by atoms with Crippen LogP contribution in [0.1, 0.15) is 16.4 Å². The molecule has 0 unspecified atom stereocenters. The van der Waals surface area contributed by atoms with E-state index in [1.807, 2.05) is 36.4 Å². The van der Waals surface area contributed by atoms with Gasteiger partial charge in [0.25, 0.3) is 5.91 Å². The second kappa shape index (κ2) is 6.98. The Balaban J connectivity index is 1.63. The zero-order valence-corrected chi connectivity index (χ0v) is 16.0. The van der Waals surface area contributed by atoms with Gasteiger partial charge in [0.1, 0.15) is 17.1 Å². The molecule has 0 fully saturated rings. The summed E-state index contributed by atoms with van der Waals surface area (Å²) in [7, 11) is 1.58. The van der Waals surface area contributed by atoms with Gasteiger partial charge in [0.2, 0.25) is 5.82 Å². The zero-order chi connectivity index (χ0) is 19.0. The van der Waals surface area contributed by atoms with Crippen molar-refractivity contribution in [2.24, 2.45) is 0 Å². The number of carbonyl (C=O) groups is 1. The van der Waals surface area contributed by atoms with Gasteiger partial charge < -0.3 is 4.74 Å². The number of nitrogens with one attached hydrogen (secondary N) is 1. The number of fused-ring (bicyclic) bond motifs is 1. The maximum absolute atomic E-state index is 12.6. The van der Waals surface area contributed by atoms with Gasteiger partial charge >= 0.3 is 0 Å². The number of methoxy groups -OCH3 is 1. The molecule has 0 saturated carbocycles. The Bertz CT molecular complexity index is 1150. The van der Waals surface area contributed by atoms with Crippen molar-refractivity contribution in [1.82, 2.24) is 19.7 Å². The predicted molar refractivity (Wildman–Crippen MR) is 105 cm³/mol. The normalized spacial score (nSPS) is 10.9. The lowest BCUT2D eigenvalue weighted by atomic mass is 10.3. The highest BCUT2D eigenvalue weighted by atomic mass is 35.5. The quantitative estimate of drug-likeness (QED) is 0.558. The lowest BCUT2D eigenvalue weighted by molar-refractivity contribution is 0.101. The van der Waals surface area contributed by atoms with Crippen molar-refractivity contribution >= 4 is 44.2 Å². The molecule has 7 nitrogen and oxygen atoms in total. The number of rotatable bonds is 4. The minimum absolute atomic E-state index is 0.0404. The minimum atomic E-state index is -0.443. The van der Waals surface area contributed by atoms with Crippen molar-refractivity contribution in [2.45, 2.75) is 6.92 Å². The number of amides is 1. The van der Waals surface area contributed by atoms with Crippen LogP contribution in [0, 0.1) is 6.92 Å². The molecule has 136 valence electrons. The maximum atomic E-state index is 12.6. The van der Waals surface area contributed by atoms with E-state index in [0.29, 0.717) is 32.9 Å². The molecule has 0 atom stereocenters. The molecule has 0 saturated heterocycles. The smallest absolute Gasteiger partial charge is 0.297 e. The third kappa shape index (κ3) is 3.24. The molecule has 1 amide bonds. The summed E-state index contributed by atoms with van der Waals surface area (Å²) in [6.45, 7) is 1.76. The van der Waals surface area contributed by atoms with E-state index in [4.69, 9.17) is 16.3 Å². The number of hydrogen-bond acceptors (Lipinski definition) is 6. The molecule has 2 aromatic heterocycles. The number of aryl methyl sites for hydroxylation is 1. The van der Waals surface area contributed by atoms with Gasteiger partial charge in [-0.3, -0.25) is 10.1 Å². The maximum Gasteiger partial charge on any atom is 0.297 e. The third-order valence-corrected chi connectivity index (χ3v) is 5.13. The summed E-state index contributed by atoms with van der Waals surface area (Å²) in [5, 5.41) is 8.01. The number of hydrogen-bond donors (Lipinski definition) is 1. The topological polar surface area (TPSA) is 81.9 Å². The van der Waals surface area contributed by atoms with Crippen LogP contribution in [0.3, 0.4) is 0 Å². The Morgan fingerprint density at radius 2 is 2.00 bits per heavy atom. The lowest BCUT2D eigenvalue weighted by Crippen LogP contribution is -2.14. The first-order valence-electron chi connectivity index (χ1n) is 8.00. The number of aromatic nitrogens is 4. The van der Waals surface area contributed by atoms with Gasteiger partial charge in [-0.2, -0.15) is 0 Å². The van der Waals surface area contributed by atoms with Gasteiger partial charge in [-0.15, -0.1) is 5.10 Å². The van der Waals surface area contributed by atoms with Gasteiger partial charge in [-0.25, -0.2) is 14.6 Å². The van der Waals surface area contributed by atoms with E-state index in [2.05, 4.69) is 20.4 Å². The lowest BCUT2D eigenvalue weighted by Gasteiger charge is -2.04. The summed E-state index contributed by atoms with van der Waals surface area (Å²) in [5.74, 6) is 0.806. The van der Waals surface area contributed by atoms with Crippen LogP contribution >= 0.6 is 22.9 Å². The summed E-state index contributed by atoms with van der Waals surface area (Å²) >= 11 is 7.57. The van der Waals surface area contributed by atoms with E-state index < -0.39 is 5.91 Å². The number of anilines is 1. The number of halogens is 1. The average Bonchev–Trinajstić information content (AvgIpc) is 3.25. The van der Waals surface area contributed by atoms with Gasteiger partial charge in [-0.1, -0.05) is 41.1 Å². The molecule has 2 aromatic carbocycles. The Labute approximate surface area is 163 Å². The first-order chi connectivity index (χ1) is 13.1. The number of thiazole rings is 1. The Morgan fingerprint density at radius 3 is 2.78 bits per heavy atom. The second-order valence-corrected chi connectivity index (χ2v) is 7.06. The highest BCUT2D eigenvalue weighted by molar-refractivity contribution is 7.22. The molecule has 0 aliphatic heterocycles. The molecule has 2 heterocycles. The van der Waals surface area contributed by atoms with E-state index in [1.54, 1.807) is 24.8 Å². The summed E-state index contributed by atoms with van der Waals surface area (Å²) in [6.07, 6.45) is 0. The molecule has 1 N–H and O–H groups in total. The average molecular weight is 400 g/mol. The molecule has 0 aliphatic rings. The van der Waals surface area contributed by atoms with E-state index >= 15 is 0 Å². The van der Waals surface area contributed by atoms with Gasteiger partial charge in [0.15, 0.2) is 5.13 Å². The standard InChI is InChI=1S/C18H14ClN5O2S/c1-10-20-16(23-24(10)12-7-4-3-6-11(12)19)17(25)22-18-21-15-13(26-2)8-5-9-14(15)27-18/h3-9H,1-2H3,(H,21,22,25). The van der Waals surface area contributed by atoms with Gasteiger partial charge in [0, 0.05) is 0 Å². The van der Waals surface area contributed by atoms with Crippen molar-refractivity contribution in [3.63, 3.8) is 0 Å². The van der Waals surface area contributed by atoms with E-state index in [1.165, 1.54) is 11.3 Å². The molecule has 9 heteroatoms. The molecule has 0 spiro atoms. The highest BCUT2D eigenvalue weighted by Gasteiger charge is 2.18. The minimum Gasteiger partial charge on any atom is -0.494 e. The fourth-order valence-corrected chi connectivity index (χ4v) is 3.73. The second-order valence-electron chi connectivity index (χ2n) is 5.63. The number of benzene rings is 2. The largest absolute Gasteiger partial charge is 0.494 e. The summed E-state index contributed by atoms with van der Waals surface area (Å²) < 4.78 is 7.75. The zero-order valence-electron chi connectivity index (χ0n) is 14.4. The molecule has 4 rings (SSSR count). The molecule has 0 aliphatic carbocycles. The molecule has 4 aromatic rings. The molecule has 0 radical (unpaired) electrons. The molecule has 27 heavy (non-hydrogen) atoms. The van der Waals surface area contributed by atoms with Crippen molar-refractivity contribution in [1.29, 1.82) is 0 Å². The van der Waals surface area contributed by atoms with Crippen LogP contribution in [-0.2, 0) is 0 Å². The van der Waals surface area contributed by atoms with Crippen LogP contribution in [0.15, 0.2) is 42.5 Å². The number of para-hydroxylation sites is 2. The van der Waals surface area contributed by atoms with Crippen molar-refractivity contribution in [3.8, 4) is 11.4 Å². The van der Waals surface area contributed by atoms with E-state index in [0.717, 1.165) is 4.70 Å². The van der Waals surface area contributed by atoms with E-state index in [9.17, 15) is 4.79 Å². The number of ether oxygens (including phenoxy) is 1.